The zero-order valence-electron chi connectivity index (χ0n) is 16.2. The molecule has 1 N–H and O–H groups in total. The summed E-state index contributed by atoms with van der Waals surface area (Å²) < 4.78 is 5.28. The third-order valence-corrected chi connectivity index (χ3v) is 5.22. The third-order valence-electron chi connectivity index (χ3n) is 5.22. The predicted molar refractivity (Wildman–Crippen MR) is 112 cm³/mol. The Bertz CT molecular complexity index is 1180. The van der Waals surface area contributed by atoms with Crippen LogP contribution in [0.4, 0.5) is 5.95 Å². The molecular formula is C22H20N6O2. The maximum absolute atomic E-state index is 12.5. The SMILES string of the molecule is O=C(Cc1noc2ccccc12)NC1CCN(c2nccc(-c3cccnc3)n2)C1. The number of carbonyl (C=O) groups is 1. The van der Waals surface area contributed by atoms with Crippen LogP contribution in [0, 0.1) is 0 Å². The van der Waals surface area contributed by atoms with E-state index in [1.54, 1.807) is 18.6 Å². The monoisotopic (exact) mass is 400 g/mol. The van der Waals surface area contributed by atoms with Gasteiger partial charge < -0.3 is 14.7 Å². The van der Waals surface area contributed by atoms with Gasteiger partial charge in [-0.3, -0.25) is 9.78 Å². The second kappa shape index (κ2) is 7.90. The molecule has 5 rings (SSSR count). The zero-order chi connectivity index (χ0) is 20.3. The molecule has 0 aliphatic carbocycles. The first kappa shape index (κ1) is 18.2. The molecule has 8 nitrogen and oxygen atoms in total. The number of nitrogens with zero attached hydrogens (tertiary/aromatic N) is 5. The van der Waals surface area contributed by atoms with Gasteiger partial charge in [-0.15, -0.1) is 0 Å². The van der Waals surface area contributed by atoms with Crippen molar-refractivity contribution in [3.05, 3.63) is 66.7 Å². The van der Waals surface area contributed by atoms with Crippen molar-refractivity contribution in [2.75, 3.05) is 18.0 Å². The smallest absolute Gasteiger partial charge is 0.226 e. The summed E-state index contributed by atoms with van der Waals surface area (Å²) in [5.41, 5.74) is 3.13. The Morgan fingerprint density at radius 1 is 1.17 bits per heavy atom. The lowest BCUT2D eigenvalue weighted by atomic mass is 10.1. The van der Waals surface area contributed by atoms with Gasteiger partial charge in [0.25, 0.3) is 0 Å². The number of rotatable bonds is 5. The Labute approximate surface area is 173 Å². The lowest BCUT2D eigenvalue weighted by Crippen LogP contribution is -2.38. The molecule has 1 fully saturated rings. The van der Waals surface area contributed by atoms with Gasteiger partial charge in [-0.2, -0.15) is 0 Å². The summed E-state index contributed by atoms with van der Waals surface area (Å²) in [5, 5.41) is 8.02. The molecule has 1 aromatic carbocycles. The summed E-state index contributed by atoms with van der Waals surface area (Å²) in [6.07, 6.45) is 6.31. The van der Waals surface area contributed by atoms with Crippen molar-refractivity contribution >= 4 is 22.8 Å². The van der Waals surface area contributed by atoms with Crippen LogP contribution in [0.1, 0.15) is 12.1 Å². The number of anilines is 1. The number of amides is 1. The van der Waals surface area contributed by atoms with E-state index < -0.39 is 0 Å². The van der Waals surface area contributed by atoms with Gasteiger partial charge in [-0.25, -0.2) is 9.97 Å². The molecule has 1 aliphatic heterocycles. The second-order valence-electron chi connectivity index (χ2n) is 7.28. The minimum atomic E-state index is -0.0640. The minimum absolute atomic E-state index is 0.0429. The average molecular weight is 400 g/mol. The molecule has 3 aromatic heterocycles. The van der Waals surface area contributed by atoms with E-state index in [2.05, 4.69) is 30.3 Å². The minimum Gasteiger partial charge on any atom is -0.356 e. The first-order valence-electron chi connectivity index (χ1n) is 9.87. The molecule has 0 saturated carbocycles. The van der Waals surface area contributed by atoms with E-state index >= 15 is 0 Å². The molecule has 1 unspecified atom stereocenters. The molecule has 4 aromatic rings. The number of carbonyl (C=O) groups excluding carboxylic acids is 1. The Hall–Kier alpha value is -3.81. The van der Waals surface area contributed by atoms with Crippen LogP contribution in [0.25, 0.3) is 22.2 Å². The number of fused-ring (bicyclic) bond motifs is 1. The summed E-state index contributed by atoms with van der Waals surface area (Å²) in [5.74, 6) is 0.599. The van der Waals surface area contributed by atoms with Gasteiger partial charge in [0.1, 0.15) is 5.69 Å². The van der Waals surface area contributed by atoms with Crippen LogP contribution in [-0.2, 0) is 11.2 Å². The molecule has 0 bridgehead atoms. The number of pyridine rings is 1. The molecule has 0 spiro atoms. The van der Waals surface area contributed by atoms with E-state index in [-0.39, 0.29) is 18.4 Å². The third kappa shape index (κ3) is 3.71. The van der Waals surface area contributed by atoms with Crippen LogP contribution in [0.2, 0.25) is 0 Å². The Morgan fingerprint density at radius 2 is 2.10 bits per heavy atom. The van der Waals surface area contributed by atoms with E-state index in [4.69, 9.17) is 4.52 Å². The maximum atomic E-state index is 12.5. The molecule has 1 aliphatic rings. The van der Waals surface area contributed by atoms with Gasteiger partial charge in [0.05, 0.1) is 12.1 Å². The number of benzene rings is 1. The van der Waals surface area contributed by atoms with Crippen molar-refractivity contribution in [2.45, 2.75) is 18.9 Å². The summed E-state index contributed by atoms with van der Waals surface area (Å²) in [6.45, 7) is 1.45. The molecule has 0 radical (unpaired) electrons. The van der Waals surface area contributed by atoms with Gasteiger partial charge >= 0.3 is 0 Å². The molecule has 150 valence electrons. The Morgan fingerprint density at radius 3 is 3.00 bits per heavy atom. The summed E-state index contributed by atoms with van der Waals surface area (Å²) >= 11 is 0. The average Bonchev–Trinajstić information content (AvgIpc) is 3.42. The molecule has 1 amide bonds. The second-order valence-corrected chi connectivity index (χ2v) is 7.28. The van der Waals surface area contributed by atoms with Crippen molar-refractivity contribution in [3.8, 4) is 11.3 Å². The molecular weight excluding hydrogens is 380 g/mol. The largest absolute Gasteiger partial charge is 0.356 e. The van der Waals surface area contributed by atoms with Crippen LogP contribution in [0.3, 0.4) is 0 Å². The fourth-order valence-electron chi connectivity index (χ4n) is 3.73. The fourth-order valence-corrected chi connectivity index (χ4v) is 3.73. The lowest BCUT2D eigenvalue weighted by Gasteiger charge is -2.17. The summed E-state index contributed by atoms with van der Waals surface area (Å²) in [6, 6.07) is 13.3. The van der Waals surface area contributed by atoms with Crippen LogP contribution < -0.4 is 10.2 Å². The number of nitrogens with one attached hydrogen (secondary N) is 1. The number of hydrogen-bond acceptors (Lipinski definition) is 7. The Balaban J connectivity index is 1.22. The first-order chi connectivity index (χ1) is 14.8. The summed E-state index contributed by atoms with van der Waals surface area (Å²) in [7, 11) is 0. The molecule has 30 heavy (non-hydrogen) atoms. The van der Waals surface area contributed by atoms with Gasteiger partial charge in [0.2, 0.25) is 11.9 Å². The number of hydrogen-bond donors (Lipinski definition) is 1. The van der Waals surface area contributed by atoms with E-state index in [0.717, 1.165) is 29.6 Å². The topological polar surface area (TPSA) is 97.0 Å². The van der Waals surface area contributed by atoms with Crippen molar-refractivity contribution < 1.29 is 9.32 Å². The molecule has 8 heteroatoms. The van der Waals surface area contributed by atoms with Crippen LogP contribution >= 0.6 is 0 Å². The quantitative estimate of drug-likeness (QED) is 0.550. The Kier molecular flexibility index (Phi) is 4.80. The molecule has 4 heterocycles. The van der Waals surface area contributed by atoms with E-state index in [1.165, 1.54) is 0 Å². The van der Waals surface area contributed by atoms with E-state index in [1.807, 2.05) is 42.5 Å². The highest BCUT2D eigenvalue weighted by atomic mass is 16.5. The maximum Gasteiger partial charge on any atom is 0.226 e. The first-order valence-corrected chi connectivity index (χ1v) is 9.87. The van der Waals surface area contributed by atoms with Gasteiger partial charge in [-0.1, -0.05) is 17.3 Å². The zero-order valence-corrected chi connectivity index (χ0v) is 16.2. The lowest BCUT2D eigenvalue weighted by molar-refractivity contribution is -0.121. The highest BCUT2D eigenvalue weighted by Crippen LogP contribution is 2.21. The molecule has 1 saturated heterocycles. The highest BCUT2D eigenvalue weighted by Gasteiger charge is 2.26. The fraction of sp³-hybridized carbons (Fsp3) is 0.227. The normalized spacial score (nSPS) is 16.1. The van der Waals surface area contributed by atoms with Gasteiger partial charge in [0.15, 0.2) is 5.58 Å². The highest BCUT2D eigenvalue weighted by molar-refractivity contribution is 5.86. The van der Waals surface area contributed by atoms with Crippen molar-refractivity contribution in [1.29, 1.82) is 0 Å². The van der Waals surface area contributed by atoms with Crippen molar-refractivity contribution in [2.24, 2.45) is 0 Å². The number of para-hydroxylation sites is 1. The van der Waals surface area contributed by atoms with Crippen molar-refractivity contribution in [3.63, 3.8) is 0 Å². The van der Waals surface area contributed by atoms with Crippen LogP contribution in [-0.4, -0.2) is 45.1 Å². The van der Waals surface area contributed by atoms with Crippen LogP contribution in [0.15, 0.2) is 65.6 Å². The standard InChI is InChI=1S/C22H20N6O2/c29-21(12-19-17-5-1-2-6-20(17)30-27-19)25-16-8-11-28(14-16)22-24-10-7-18(26-22)15-4-3-9-23-13-15/h1-7,9-10,13,16H,8,11-12,14H2,(H,25,29). The van der Waals surface area contributed by atoms with Crippen LogP contribution in [0.5, 0.6) is 0 Å². The molecule has 1 atom stereocenters. The van der Waals surface area contributed by atoms with Gasteiger partial charge in [-0.05, 0) is 36.8 Å². The summed E-state index contributed by atoms with van der Waals surface area (Å²) in [4.78, 5) is 27.9. The van der Waals surface area contributed by atoms with Crippen molar-refractivity contribution in [1.82, 2.24) is 25.4 Å². The van der Waals surface area contributed by atoms with E-state index in [0.29, 0.717) is 23.8 Å². The predicted octanol–water partition coefficient (Wildman–Crippen LogP) is 2.62. The number of aromatic nitrogens is 4. The van der Waals surface area contributed by atoms with Gasteiger partial charge in [0, 0.05) is 48.7 Å². The van der Waals surface area contributed by atoms with E-state index in [9.17, 15) is 4.79 Å².